The molecule has 0 aliphatic heterocycles. The minimum atomic E-state index is -1.70. The van der Waals surface area contributed by atoms with Crippen molar-refractivity contribution < 1.29 is 40.2 Å². The molecule has 4 fully saturated rings. The van der Waals surface area contributed by atoms with Gasteiger partial charge >= 0.3 is 0 Å². The van der Waals surface area contributed by atoms with Crippen LogP contribution >= 0.6 is 0 Å². The number of hydrogen-bond donors (Lipinski definition) is 6. The summed E-state index contributed by atoms with van der Waals surface area (Å²) in [6, 6.07) is 0. The first-order chi connectivity index (χ1) is 19.3. The van der Waals surface area contributed by atoms with E-state index < -0.39 is 31.0 Å². The summed E-state index contributed by atoms with van der Waals surface area (Å²) in [5.74, 6) is 3.10. The Labute approximate surface area is 246 Å². The normalized spacial score (nSPS) is 42.3. The van der Waals surface area contributed by atoms with Gasteiger partial charge in [-0.3, -0.25) is 4.79 Å². The van der Waals surface area contributed by atoms with Crippen LogP contribution in [-0.4, -0.2) is 105 Å². The highest BCUT2D eigenvalue weighted by molar-refractivity contribution is 5.75. The average Bonchev–Trinajstić information content (AvgIpc) is 3.31. The van der Waals surface area contributed by atoms with Crippen LogP contribution in [0.15, 0.2) is 0 Å². The van der Waals surface area contributed by atoms with Crippen LogP contribution in [0.25, 0.3) is 0 Å². The predicted octanol–water partition coefficient (Wildman–Crippen LogP) is 1.94. The monoisotopic (exact) mass is 583 g/mol. The van der Waals surface area contributed by atoms with Crippen molar-refractivity contribution in [1.29, 1.82) is 0 Å². The van der Waals surface area contributed by atoms with Crippen LogP contribution in [0.1, 0.15) is 85.0 Å². The molecule has 1 unspecified atom stereocenters. The predicted molar refractivity (Wildman–Crippen MR) is 155 cm³/mol. The summed E-state index contributed by atoms with van der Waals surface area (Å²) in [7, 11) is 3.44. The number of carbonyl (C=O) groups excluding carboxylic acids is 1. The number of carbonyl (C=O) groups is 1. The Morgan fingerprint density at radius 1 is 0.951 bits per heavy atom. The van der Waals surface area contributed by atoms with E-state index >= 15 is 0 Å². The quantitative estimate of drug-likeness (QED) is 0.216. The van der Waals surface area contributed by atoms with E-state index in [1.165, 1.54) is 30.6 Å². The van der Waals surface area contributed by atoms with E-state index in [0.717, 1.165) is 32.1 Å². The van der Waals surface area contributed by atoms with Crippen molar-refractivity contribution in [3.8, 4) is 0 Å². The van der Waals surface area contributed by atoms with Crippen LogP contribution < -0.4 is 0 Å². The molecule has 0 aromatic carbocycles. The van der Waals surface area contributed by atoms with Crippen LogP contribution in [0.3, 0.4) is 0 Å². The minimum Gasteiger partial charge on any atom is -0.394 e. The Balaban J connectivity index is 1.36. The second-order valence-electron chi connectivity index (χ2n) is 14.7. The molecule has 14 atom stereocenters. The van der Waals surface area contributed by atoms with Gasteiger partial charge in [0.05, 0.1) is 18.8 Å². The molecule has 0 radical (unpaired) electrons. The lowest BCUT2D eigenvalue weighted by molar-refractivity contribution is -0.181. The van der Waals surface area contributed by atoms with E-state index in [4.69, 9.17) is 9.84 Å². The number of nitrogens with zero attached hydrogens (tertiary/aromatic N) is 1. The summed E-state index contributed by atoms with van der Waals surface area (Å²) < 4.78 is 6.21. The van der Waals surface area contributed by atoms with Gasteiger partial charge in [0, 0.05) is 27.1 Å². The number of rotatable bonds is 11. The van der Waals surface area contributed by atoms with Gasteiger partial charge in [0.25, 0.3) is 0 Å². The SMILES string of the molecule is CO[C@@H]1C[C@@H]2C[C@H](O)CC[C@]2(C)[C@H]2CC[C@]3(C)[C@@H](C(C)CCC(=O)N(C)C[C@H](O)[C@@H](O)[C@H](O)[C@H](O)CO)CC[C@H]3[C@H]12. The van der Waals surface area contributed by atoms with Gasteiger partial charge in [0.1, 0.15) is 24.4 Å². The molecular formula is C32H57NO8. The van der Waals surface area contributed by atoms with Crippen LogP contribution in [-0.2, 0) is 9.53 Å². The van der Waals surface area contributed by atoms with E-state index in [1.54, 1.807) is 7.05 Å². The maximum Gasteiger partial charge on any atom is 0.222 e. The zero-order valence-corrected chi connectivity index (χ0v) is 25.9. The molecule has 9 heteroatoms. The molecule has 0 spiro atoms. The molecule has 0 aromatic heterocycles. The lowest BCUT2D eigenvalue weighted by atomic mass is 9.43. The molecule has 41 heavy (non-hydrogen) atoms. The van der Waals surface area contributed by atoms with Gasteiger partial charge in [-0.15, -0.1) is 0 Å². The van der Waals surface area contributed by atoms with Gasteiger partial charge in [-0.2, -0.15) is 0 Å². The fourth-order valence-corrected chi connectivity index (χ4v) is 10.2. The molecule has 4 aliphatic rings. The fraction of sp³-hybridized carbons (Fsp3) is 0.969. The molecule has 0 bridgehead atoms. The molecule has 4 aliphatic carbocycles. The molecule has 4 rings (SSSR count). The molecule has 4 saturated carbocycles. The number of likely N-dealkylation sites (N-methyl/N-ethyl adjacent to an activating group) is 1. The van der Waals surface area contributed by atoms with Gasteiger partial charge < -0.3 is 40.3 Å². The Kier molecular flexibility index (Phi) is 10.5. The molecule has 0 aromatic rings. The molecule has 9 nitrogen and oxygen atoms in total. The second kappa shape index (κ2) is 13.0. The highest BCUT2D eigenvalue weighted by atomic mass is 16.5. The third-order valence-corrected chi connectivity index (χ3v) is 12.7. The number of fused-ring (bicyclic) bond motifs is 5. The zero-order valence-electron chi connectivity index (χ0n) is 25.9. The second-order valence-corrected chi connectivity index (χ2v) is 14.7. The Bertz CT molecular complexity index is 890. The minimum absolute atomic E-state index is 0.131. The number of aliphatic hydroxyl groups is 6. The lowest BCUT2D eigenvalue weighted by Gasteiger charge is -2.63. The van der Waals surface area contributed by atoms with Crippen molar-refractivity contribution in [2.45, 2.75) is 122 Å². The number of aliphatic hydroxyl groups excluding tert-OH is 6. The number of amides is 1. The van der Waals surface area contributed by atoms with Gasteiger partial charge in [0.15, 0.2) is 0 Å². The van der Waals surface area contributed by atoms with Gasteiger partial charge in [0.2, 0.25) is 5.91 Å². The average molecular weight is 584 g/mol. The zero-order chi connectivity index (χ0) is 30.3. The van der Waals surface area contributed by atoms with Crippen molar-refractivity contribution in [1.82, 2.24) is 4.90 Å². The fourth-order valence-electron chi connectivity index (χ4n) is 10.2. The standard InChI is InChI=1S/C32H57NO8/c1-18(6-9-27(38)33(4)16-24(36)29(39)30(40)25(37)17-34)21-7-8-22-28-23(11-13-32(21,22)3)31(2)12-10-20(35)14-19(31)15-26(28)41-5/h18-26,28-30,34-37,39-40H,6-17H2,1-5H3/t18?,19-,20+,21+,22-,23-,24-,25+,26+,28-,29+,30+,31-,32+/m0/s1. The van der Waals surface area contributed by atoms with Crippen molar-refractivity contribution in [2.24, 2.45) is 46.3 Å². The summed E-state index contributed by atoms with van der Waals surface area (Å²) in [5, 5.41) is 59.2. The van der Waals surface area contributed by atoms with Crippen LogP contribution in [0.2, 0.25) is 0 Å². The molecule has 1 amide bonds. The maximum atomic E-state index is 13.0. The van der Waals surface area contributed by atoms with Gasteiger partial charge in [-0.25, -0.2) is 0 Å². The van der Waals surface area contributed by atoms with Crippen molar-refractivity contribution in [3.63, 3.8) is 0 Å². The summed E-state index contributed by atoms with van der Waals surface area (Å²) in [6.07, 6.45) is 3.55. The number of methoxy groups -OCH3 is 1. The molecule has 0 saturated heterocycles. The van der Waals surface area contributed by atoms with E-state index in [9.17, 15) is 30.3 Å². The van der Waals surface area contributed by atoms with Crippen LogP contribution in [0.4, 0.5) is 0 Å². The van der Waals surface area contributed by atoms with Crippen LogP contribution in [0.5, 0.6) is 0 Å². The Morgan fingerprint density at radius 2 is 1.59 bits per heavy atom. The topological polar surface area (TPSA) is 151 Å². The largest absolute Gasteiger partial charge is 0.394 e. The lowest BCUT2D eigenvalue weighted by Crippen LogP contribution is -2.59. The highest BCUT2D eigenvalue weighted by Crippen LogP contribution is 2.68. The van der Waals surface area contributed by atoms with Gasteiger partial charge in [-0.05, 0) is 104 Å². The molecule has 238 valence electrons. The molecule has 6 N–H and O–H groups in total. The number of ether oxygens (including phenoxy) is 1. The summed E-state index contributed by atoms with van der Waals surface area (Å²) >= 11 is 0. The van der Waals surface area contributed by atoms with E-state index in [2.05, 4.69) is 20.8 Å². The third kappa shape index (κ3) is 6.24. The third-order valence-electron chi connectivity index (χ3n) is 12.7. The van der Waals surface area contributed by atoms with E-state index in [-0.39, 0.29) is 35.5 Å². The van der Waals surface area contributed by atoms with Crippen molar-refractivity contribution in [2.75, 3.05) is 27.3 Å². The summed E-state index contributed by atoms with van der Waals surface area (Å²) in [6.45, 7) is 6.35. The molecule has 0 heterocycles. The first kappa shape index (κ1) is 33.1. The maximum absolute atomic E-state index is 13.0. The highest BCUT2D eigenvalue weighted by Gasteiger charge is 2.63. The summed E-state index contributed by atoms with van der Waals surface area (Å²) in [4.78, 5) is 14.3. The Hall–Kier alpha value is -0.810. The first-order valence-electron chi connectivity index (χ1n) is 16.1. The number of hydrogen-bond acceptors (Lipinski definition) is 8. The summed E-state index contributed by atoms with van der Waals surface area (Å²) in [5.41, 5.74) is 0.499. The van der Waals surface area contributed by atoms with E-state index in [0.29, 0.717) is 41.9 Å². The van der Waals surface area contributed by atoms with E-state index in [1.807, 2.05) is 7.11 Å². The smallest absolute Gasteiger partial charge is 0.222 e. The van der Waals surface area contributed by atoms with Crippen molar-refractivity contribution >= 4 is 5.91 Å². The first-order valence-corrected chi connectivity index (χ1v) is 16.1. The van der Waals surface area contributed by atoms with Crippen molar-refractivity contribution in [3.05, 3.63) is 0 Å². The van der Waals surface area contributed by atoms with Crippen LogP contribution in [0, 0.1) is 46.3 Å². The van der Waals surface area contributed by atoms with Gasteiger partial charge in [-0.1, -0.05) is 20.8 Å². The Morgan fingerprint density at radius 3 is 2.24 bits per heavy atom. The molecular weight excluding hydrogens is 526 g/mol.